The van der Waals surface area contributed by atoms with Crippen molar-refractivity contribution in [3.05, 3.63) is 65.0 Å². The molecule has 1 atom stereocenters. The van der Waals surface area contributed by atoms with E-state index in [1.54, 1.807) is 12.1 Å². The second-order valence-electron chi connectivity index (χ2n) is 6.48. The van der Waals surface area contributed by atoms with Gasteiger partial charge < -0.3 is 4.90 Å². The largest absolute Gasteiger partial charge is 0.310 e. The van der Waals surface area contributed by atoms with Crippen LogP contribution in [-0.4, -0.2) is 29.9 Å². The van der Waals surface area contributed by atoms with Crippen LogP contribution in [0.3, 0.4) is 0 Å². The molecule has 0 N–H and O–H groups in total. The first-order valence-corrected chi connectivity index (χ1v) is 8.33. The molecule has 24 heavy (non-hydrogen) atoms. The predicted octanol–water partition coefficient (Wildman–Crippen LogP) is 3.68. The summed E-state index contributed by atoms with van der Waals surface area (Å²) in [5, 5.41) is 0. The zero-order valence-electron chi connectivity index (χ0n) is 14.4. The lowest BCUT2D eigenvalue weighted by Gasteiger charge is -2.39. The second kappa shape index (κ2) is 6.73. The van der Waals surface area contributed by atoms with E-state index in [4.69, 9.17) is 0 Å². The molecule has 1 aliphatic heterocycles. The van der Waals surface area contributed by atoms with Gasteiger partial charge in [-0.1, -0.05) is 24.3 Å². The highest BCUT2D eigenvalue weighted by Crippen LogP contribution is 2.26. The van der Waals surface area contributed by atoms with Crippen LogP contribution in [0.4, 0.5) is 10.1 Å². The number of nitrogens with zero attached hydrogens (tertiary/aromatic N) is 2. The maximum absolute atomic E-state index is 13.0. The molecular weight excluding hydrogens is 303 g/mol. The van der Waals surface area contributed by atoms with Crippen LogP contribution in [0.25, 0.3) is 0 Å². The normalized spacial score (nSPS) is 18.9. The third-order valence-electron chi connectivity index (χ3n) is 4.95. The van der Waals surface area contributed by atoms with Gasteiger partial charge in [0.1, 0.15) is 5.82 Å². The highest BCUT2D eigenvalue weighted by atomic mass is 19.1. The monoisotopic (exact) mass is 326 g/mol. The van der Waals surface area contributed by atoms with Crippen LogP contribution in [0.1, 0.15) is 23.6 Å². The van der Waals surface area contributed by atoms with Crippen molar-refractivity contribution in [2.75, 3.05) is 18.0 Å². The van der Waals surface area contributed by atoms with Crippen LogP contribution in [-0.2, 0) is 11.3 Å². The molecule has 4 heteroatoms. The van der Waals surface area contributed by atoms with Crippen LogP contribution in [0.15, 0.2) is 42.5 Å². The summed E-state index contributed by atoms with van der Waals surface area (Å²) in [5.74, 6) is -0.111. The van der Waals surface area contributed by atoms with Crippen molar-refractivity contribution in [2.24, 2.45) is 0 Å². The highest BCUT2D eigenvalue weighted by molar-refractivity contribution is 5.98. The lowest BCUT2D eigenvalue weighted by atomic mass is 10.0. The minimum atomic E-state index is -0.234. The van der Waals surface area contributed by atoms with E-state index in [1.165, 1.54) is 17.7 Å². The number of halogens is 1. The van der Waals surface area contributed by atoms with Crippen LogP contribution in [0.2, 0.25) is 0 Å². The molecule has 1 fully saturated rings. The van der Waals surface area contributed by atoms with E-state index >= 15 is 0 Å². The number of benzene rings is 2. The minimum Gasteiger partial charge on any atom is -0.310 e. The molecule has 1 heterocycles. The third kappa shape index (κ3) is 3.20. The van der Waals surface area contributed by atoms with Crippen molar-refractivity contribution >= 4 is 11.6 Å². The molecule has 126 valence electrons. The first-order chi connectivity index (χ1) is 11.5. The number of anilines is 1. The number of rotatable bonds is 3. The smallest absolute Gasteiger partial charge is 0.244 e. The topological polar surface area (TPSA) is 23.6 Å². The Morgan fingerprint density at radius 2 is 1.79 bits per heavy atom. The molecule has 1 aliphatic rings. The standard InChI is InChI=1S/C20H23FN2O/c1-14-5-4-6-19(15(14)2)23-12-11-22(16(3)20(23)24)13-17-7-9-18(21)10-8-17/h4-10,16H,11-13H2,1-3H3. The molecule has 0 spiro atoms. The number of aryl methyl sites for hydroxylation is 1. The molecule has 1 unspecified atom stereocenters. The maximum Gasteiger partial charge on any atom is 0.244 e. The average molecular weight is 326 g/mol. The Hall–Kier alpha value is -2.20. The summed E-state index contributed by atoms with van der Waals surface area (Å²) in [6.07, 6.45) is 0. The summed E-state index contributed by atoms with van der Waals surface area (Å²) in [6.45, 7) is 8.22. The second-order valence-corrected chi connectivity index (χ2v) is 6.48. The Morgan fingerprint density at radius 1 is 1.08 bits per heavy atom. The van der Waals surface area contributed by atoms with Crippen molar-refractivity contribution < 1.29 is 9.18 Å². The fourth-order valence-electron chi connectivity index (χ4n) is 3.22. The molecule has 0 radical (unpaired) electrons. The van der Waals surface area contributed by atoms with Crippen molar-refractivity contribution in [1.82, 2.24) is 4.90 Å². The van der Waals surface area contributed by atoms with E-state index in [0.717, 1.165) is 23.4 Å². The summed E-state index contributed by atoms with van der Waals surface area (Å²) in [7, 11) is 0. The van der Waals surface area contributed by atoms with Crippen LogP contribution >= 0.6 is 0 Å². The minimum absolute atomic E-state index is 0.122. The first-order valence-electron chi connectivity index (χ1n) is 8.33. The SMILES string of the molecule is Cc1cccc(N2CCN(Cc3ccc(F)cc3)C(C)C2=O)c1C. The summed E-state index contributed by atoms with van der Waals surface area (Å²) < 4.78 is 13.0. The van der Waals surface area contributed by atoms with Crippen LogP contribution in [0.5, 0.6) is 0 Å². The molecule has 1 amide bonds. The number of amides is 1. The molecule has 0 saturated carbocycles. The van der Waals surface area contributed by atoms with Gasteiger partial charge >= 0.3 is 0 Å². The van der Waals surface area contributed by atoms with E-state index in [0.29, 0.717) is 13.1 Å². The Morgan fingerprint density at radius 3 is 2.50 bits per heavy atom. The van der Waals surface area contributed by atoms with Gasteiger partial charge in [0, 0.05) is 25.3 Å². The molecule has 3 rings (SSSR count). The Bertz CT molecular complexity index is 742. The number of piperazine rings is 1. The van der Waals surface area contributed by atoms with Crippen molar-refractivity contribution in [1.29, 1.82) is 0 Å². The molecule has 2 aromatic rings. The number of hydrogen-bond acceptors (Lipinski definition) is 2. The molecule has 3 nitrogen and oxygen atoms in total. The van der Waals surface area contributed by atoms with Crippen molar-refractivity contribution in [3.63, 3.8) is 0 Å². The van der Waals surface area contributed by atoms with Gasteiger partial charge in [-0.2, -0.15) is 0 Å². The van der Waals surface area contributed by atoms with Gasteiger partial charge in [-0.05, 0) is 55.7 Å². The maximum atomic E-state index is 13.0. The molecule has 0 aromatic heterocycles. The number of carbonyl (C=O) groups excluding carboxylic acids is 1. The Labute approximate surface area is 142 Å². The van der Waals surface area contributed by atoms with Gasteiger partial charge in [-0.3, -0.25) is 9.69 Å². The summed E-state index contributed by atoms with van der Waals surface area (Å²) in [5.41, 5.74) is 4.39. The highest BCUT2D eigenvalue weighted by Gasteiger charge is 2.32. The van der Waals surface area contributed by atoms with E-state index < -0.39 is 0 Å². The Balaban J connectivity index is 1.76. The third-order valence-corrected chi connectivity index (χ3v) is 4.95. The first kappa shape index (κ1) is 16.7. The zero-order chi connectivity index (χ0) is 17.3. The van der Waals surface area contributed by atoms with Crippen LogP contribution in [0, 0.1) is 19.7 Å². The van der Waals surface area contributed by atoms with E-state index in [1.807, 2.05) is 24.0 Å². The van der Waals surface area contributed by atoms with Gasteiger partial charge in [0.2, 0.25) is 5.91 Å². The molecule has 0 bridgehead atoms. The van der Waals surface area contributed by atoms with E-state index in [2.05, 4.69) is 24.8 Å². The predicted molar refractivity (Wildman–Crippen MR) is 94.5 cm³/mol. The lowest BCUT2D eigenvalue weighted by Crippen LogP contribution is -2.55. The van der Waals surface area contributed by atoms with Gasteiger partial charge in [0.15, 0.2) is 0 Å². The average Bonchev–Trinajstić information content (AvgIpc) is 2.57. The molecule has 0 aliphatic carbocycles. The van der Waals surface area contributed by atoms with Crippen molar-refractivity contribution in [2.45, 2.75) is 33.4 Å². The van der Waals surface area contributed by atoms with Gasteiger partial charge in [0.05, 0.1) is 6.04 Å². The van der Waals surface area contributed by atoms with Gasteiger partial charge in [-0.25, -0.2) is 4.39 Å². The molecule has 1 saturated heterocycles. The number of hydrogen-bond donors (Lipinski definition) is 0. The summed E-state index contributed by atoms with van der Waals surface area (Å²) in [6, 6.07) is 12.4. The van der Waals surface area contributed by atoms with Crippen LogP contribution < -0.4 is 4.90 Å². The summed E-state index contributed by atoms with van der Waals surface area (Å²) in [4.78, 5) is 16.9. The van der Waals surface area contributed by atoms with E-state index in [-0.39, 0.29) is 17.8 Å². The quantitative estimate of drug-likeness (QED) is 0.859. The fraction of sp³-hybridized carbons (Fsp3) is 0.350. The molecule has 2 aromatic carbocycles. The fourth-order valence-corrected chi connectivity index (χ4v) is 3.22. The van der Waals surface area contributed by atoms with Gasteiger partial charge in [-0.15, -0.1) is 0 Å². The van der Waals surface area contributed by atoms with E-state index in [9.17, 15) is 9.18 Å². The summed E-state index contributed by atoms with van der Waals surface area (Å²) >= 11 is 0. The lowest BCUT2D eigenvalue weighted by molar-refractivity contribution is -0.125. The van der Waals surface area contributed by atoms with Gasteiger partial charge in [0.25, 0.3) is 0 Å². The molecular formula is C20H23FN2O. The Kier molecular flexibility index (Phi) is 4.67. The van der Waals surface area contributed by atoms with Crippen molar-refractivity contribution in [3.8, 4) is 0 Å². The zero-order valence-corrected chi connectivity index (χ0v) is 14.4. The number of carbonyl (C=O) groups is 1.